The quantitative estimate of drug-likeness (QED) is 0.747. The Morgan fingerprint density at radius 1 is 1.71 bits per heavy atom. The van der Waals surface area contributed by atoms with Gasteiger partial charge in [-0.2, -0.15) is 0 Å². The minimum absolute atomic E-state index is 0.145. The molecular weight excluding hydrogens is 218 g/mol. The van der Waals surface area contributed by atoms with Gasteiger partial charge in [0.25, 0.3) is 0 Å². The fraction of sp³-hybridized carbons (Fsp3) is 0.700. The molecule has 14 heavy (non-hydrogen) atoms. The number of aryl methyl sites for hydroxylation is 1. The summed E-state index contributed by atoms with van der Waals surface area (Å²) in [5, 5.41) is 3.28. The van der Waals surface area contributed by atoms with Crippen LogP contribution in [0.4, 0.5) is 0 Å². The van der Waals surface area contributed by atoms with E-state index in [1.807, 2.05) is 6.92 Å². The predicted octanol–water partition coefficient (Wildman–Crippen LogP) is 2.64. The van der Waals surface area contributed by atoms with Crippen molar-refractivity contribution in [1.82, 2.24) is 4.98 Å². The van der Waals surface area contributed by atoms with Crippen molar-refractivity contribution in [3.63, 3.8) is 0 Å². The number of hydrogen-bond donors (Lipinski definition) is 0. The highest BCUT2D eigenvalue weighted by molar-refractivity contribution is 7.09. The fourth-order valence-corrected chi connectivity index (χ4v) is 3.00. The third-order valence-electron chi connectivity index (χ3n) is 2.66. The monoisotopic (exact) mass is 231 g/mol. The van der Waals surface area contributed by atoms with Crippen LogP contribution in [0.1, 0.15) is 17.1 Å². The average Bonchev–Trinajstić information content (AvgIpc) is 2.77. The van der Waals surface area contributed by atoms with Crippen LogP contribution in [0.3, 0.4) is 0 Å². The Labute approximate surface area is 93.3 Å². The van der Waals surface area contributed by atoms with Gasteiger partial charge in [0.05, 0.1) is 11.6 Å². The van der Waals surface area contributed by atoms with Crippen molar-refractivity contribution in [3.05, 3.63) is 16.1 Å². The summed E-state index contributed by atoms with van der Waals surface area (Å²) in [7, 11) is 0. The predicted molar refractivity (Wildman–Crippen MR) is 59.1 cm³/mol. The number of nitrogens with zero attached hydrogens (tertiary/aromatic N) is 1. The molecule has 1 aromatic rings. The van der Waals surface area contributed by atoms with Gasteiger partial charge < -0.3 is 4.74 Å². The fourth-order valence-electron chi connectivity index (χ4n) is 1.75. The van der Waals surface area contributed by atoms with Gasteiger partial charge in [-0.05, 0) is 13.3 Å². The molecule has 1 aromatic heterocycles. The minimum Gasteiger partial charge on any atom is -0.381 e. The Bertz CT molecular complexity index is 307. The van der Waals surface area contributed by atoms with Gasteiger partial charge in [0.1, 0.15) is 0 Å². The maximum absolute atomic E-state index is 6.02. The SMILES string of the molecule is Cc1csc(CC2(CCl)CCOC2)n1. The molecule has 1 atom stereocenters. The Balaban J connectivity index is 2.08. The molecule has 2 heterocycles. The average molecular weight is 232 g/mol. The first-order valence-electron chi connectivity index (χ1n) is 4.79. The van der Waals surface area contributed by atoms with Crippen LogP contribution in [0, 0.1) is 12.3 Å². The van der Waals surface area contributed by atoms with E-state index in [2.05, 4.69) is 10.4 Å². The molecule has 1 aliphatic rings. The van der Waals surface area contributed by atoms with Gasteiger partial charge >= 0.3 is 0 Å². The molecule has 0 amide bonds. The molecule has 78 valence electrons. The van der Waals surface area contributed by atoms with Crippen molar-refractivity contribution < 1.29 is 4.74 Å². The van der Waals surface area contributed by atoms with E-state index in [-0.39, 0.29) is 5.41 Å². The molecule has 0 spiro atoms. The van der Waals surface area contributed by atoms with Crippen LogP contribution < -0.4 is 0 Å². The highest BCUT2D eigenvalue weighted by atomic mass is 35.5. The Hall–Kier alpha value is -0.120. The van der Waals surface area contributed by atoms with Gasteiger partial charge in [-0.25, -0.2) is 4.98 Å². The first-order chi connectivity index (χ1) is 6.74. The van der Waals surface area contributed by atoms with Crippen LogP contribution in [0.5, 0.6) is 0 Å². The van der Waals surface area contributed by atoms with Crippen molar-refractivity contribution in [2.75, 3.05) is 19.1 Å². The van der Waals surface area contributed by atoms with Gasteiger partial charge in [-0.3, -0.25) is 0 Å². The zero-order valence-corrected chi connectivity index (χ0v) is 9.83. The Kier molecular flexibility index (Phi) is 3.10. The second-order valence-electron chi connectivity index (χ2n) is 4.00. The zero-order valence-electron chi connectivity index (χ0n) is 8.25. The van der Waals surface area contributed by atoms with E-state index >= 15 is 0 Å². The first-order valence-corrected chi connectivity index (χ1v) is 6.20. The van der Waals surface area contributed by atoms with E-state index in [1.165, 1.54) is 5.01 Å². The maximum Gasteiger partial charge on any atom is 0.0934 e. The van der Waals surface area contributed by atoms with Crippen LogP contribution in [-0.2, 0) is 11.2 Å². The highest BCUT2D eigenvalue weighted by Crippen LogP contribution is 2.34. The van der Waals surface area contributed by atoms with E-state index in [0.717, 1.165) is 31.7 Å². The summed E-state index contributed by atoms with van der Waals surface area (Å²) in [6.07, 6.45) is 2.03. The van der Waals surface area contributed by atoms with E-state index in [4.69, 9.17) is 16.3 Å². The minimum atomic E-state index is 0.145. The van der Waals surface area contributed by atoms with Crippen LogP contribution in [-0.4, -0.2) is 24.1 Å². The molecule has 4 heteroatoms. The van der Waals surface area contributed by atoms with Crippen LogP contribution >= 0.6 is 22.9 Å². The van der Waals surface area contributed by atoms with E-state index < -0.39 is 0 Å². The van der Waals surface area contributed by atoms with Gasteiger partial charge in [0.15, 0.2) is 0 Å². The van der Waals surface area contributed by atoms with Crippen molar-refractivity contribution in [3.8, 4) is 0 Å². The summed E-state index contributed by atoms with van der Waals surface area (Å²) >= 11 is 7.74. The second-order valence-corrected chi connectivity index (χ2v) is 5.21. The Morgan fingerprint density at radius 3 is 3.07 bits per heavy atom. The Morgan fingerprint density at radius 2 is 2.57 bits per heavy atom. The molecule has 0 aromatic carbocycles. The molecule has 1 saturated heterocycles. The molecule has 1 unspecified atom stereocenters. The lowest BCUT2D eigenvalue weighted by molar-refractivity contribution is 0.161. The topological polar surface area (TPSA) is 22.1 Å². The second kappa shape index (κ2) is 4.17. The number of rotatable bonds is 3. The van der Waals surface area contributed by atoms with Crippen molar-refractivity contribution in [2.24, 2.45) is 5.41 Å². The normalized spacial score (nSPS) is 27.0. The third-order valence-corrected chi connectivity index (χ3v) is 4.19. The smallest absolute Gasteiger partial charge is 0.0934 e. The molecule has 0 aliphatic carbocycles. The van der Waals surface area contributed by atoms with Crippen molar-refractivity contribution in [1.29, 1.82) is 0 Å². The van der Waals surface area contributed by atoms with Gasteiger partial charge in [-0.15, -0.1) is 22.9 Å². The maximum atomic E-state index is 6.02. The molecule has 1 fully saturated rings. The number of alkyl halides is 1. The largest absolute Gasteiger partial charge is 0.381 e. The lowest BCUT2D eigenvalue weighted by Crippen LogP contribution is -2.26. The molecule has 2 rings (SSSR count). The lowest BCUT2D eigenvalue weighted by Gasteiger charge is -2.22. The highest BCUT2D eigenvalue weighted by Gasteiger charge is 2.35. The van der Waals surface area contributed by atoms with Crippen molar-refractivity contribution >= 4 is 22.9 Å². The summed E-state index contributed by atoms with van der Waals surface area (Å²) in [5.74, 6) is 0.672. The molecule has 1 aliphatic heterocycles. The lowest BCUT2D eigenvalue weighted by atomic mass is 9.86. The number of halogens is 1. The number of ether oxygens (including phenoxy) is 1. The number of aromatic nitrogens is 1. The van der Waals surface area contributed by atoms with Crippen LogP contribution in [0.2, 0.25) is 0 Å². The van der Waals surface area contributed by atoms with Gasteiger partial charge in [0.2, 0.25) is 0 Å². The molecule has 0 radical (unpaired) electrons. The van der Waals surface area contributed by atoms with Crippen molar-refractivity contribution in [2.45, 2.75) is 19.8 Å². The van der Waals surface area contributed by atoms with E-state index in [9.17, 15) is 0 Å². The third kappa shape index (κ3) is 2.10. The molecule has 0 bridgehead atoms. The molecule has 2 nitrogen and oxygen atoms in total. The summed E-state index contributed by atoms with van der Waals surface area (Å²) in [4.78, 5) is 4.47. The molecule has 0 N–H and O–H groups in total. The first kappa shape index (κ1) is 10.4. The summed E-state index contributed by atoms with van der Waals surface area (Å²) in [5.41, 5.74) is 1.25. The van der Waals surface area contributed by atoms with Gasteiger partial charge in [0, 0.05) is 35.4 Å². The zero-order chi connectivity index (χ0) is 10.0. The van der Waals surface area contributed by atoms with Gasteiger partial charge in [-0.1, -0.05) is 0 Å². The molecule has 0 saturated carbocycles. The van der Waals surface area contributed by atoms with Crippen LogP contribution in [0.15, 0.2) is 5.38 Å². The van der Waals surface area contributed by atoms with E-state index in [0.29, 0.717) is 5.88 Å². The van der Waals surface area contributed by atoms with E-state index in [1.54, 1.807) is 11.3 Å². The summed E-state index contributed by atoms with van der Waals surface area (Å²) in [6.45, 7) is 3.66. The summed E-state index contributed by atoms with van der Waals surface area (Å²) < 4.78 is 5.42. The van der Waals surface area contributed by atoms with Crippen LogP contribution in [0.25, 0.3) is 0 Å². The molecular formula is C10H14ClNOS. The number of hydrogen-bond acceptors (Lipinski definition) is 3. The number of thiazole rings is 1. The standard InChI is InChI=1S/C10H14ClNOS/c1-8-5-14-9(12-8)4-10(6-11)2-3-13-7-10/h5H,2-4,6-7H2,1H3. The summed E-state index contributed by atoms with van der Waals surface area (Å²) in [6, 6.07) is 0.